The van der Waals surface area contributed by atoms with Gasteiger partial charge in [-0.25, -0.2) is 4.79 Å². The Kier molecular flexibility index (Phi) is 7.25. The molecule has 0 spiro atoms. The highest BCUT2D eigenvalue weighted by Crippen LogP contribution is 2.27. The molecule has 0 fully saturated rings. The van der Waals surface area contributed by atoms with Crippen molar-refractivity contribution in [3.63, 3.8) is 0 Å². The van der Waals surface area contributed by atoms with E-state index in [0.29, 0.717) is 31.4 Å². The monoisotopic (exact) mass is 315 g/mol. The zero-order chi connectivity index (χ0) is 16.4. The smallest absolute Gasteiger partial charge is 0.451 e. The first kappa shape index (κ1) is 17.8. The highest BCUT2D eigenvalue weighted by Gasteiger charge is 2.42. The first-order valence-electron chi connectivity index (χ1n) is 6.78. The van der Waals surface area contributed by atoms with Crippen molar-refractivity contribution in [2.75, 3.05) is 6.54 Å². The fraction of sp³-hybridized carbons (Fsp3) is 0.500. The topological polar surface area (TPSA) is 75.1 Å². The van der Waals surface area contributed by atoms with Gasteiger partial charge in [-0.05, 0) is 30.4 Å². The van der Waals surface area contributed by atoms with Gasteiger partial charge in [0.05, 0.1) is 0 Å². The normalized spacial score (nSPS) is 12.3. The van der Waals surface area contributed by atoms with Crippen LogP contribution in [0.15, 0.2) is 35.4 Å². The number of nitrogens with zero attached hydrogens (tertiary/aromatic N) is 3. The van der Waals surface area contributed by atoms with Gasteiger partial charge in [0.15, 0.2) is 0 Å². The van der Waals surface area contributed by atoms with Gasteiger partial charge in [-0.3, -0.25) is 0 Å². The van der Waals surface area contributed by atoms with E-state index in [-0.39, 0.29) is 6.42 Å². The average Bonchev–Trinajstić information content (AvgIpc) is 2.49. The van der Waals surface area contributed by atoms with Gasteiger partial charge in [0.2, 0.25) is 0 Å². The average molecular weight is 315 g/mol. The van der Waals surface area contributed by atoms with Gasteiger partial charge in [-0.1, -0.05) is 41.9 Å². The van der Waals surface area contributed by atoms with Crippen LogP contribution in [0, 0.1) is 0 Å². The molecule has 0 aliphatic rings. The second-order valence-electron chi connectivity index (χ2n) is 4.61. The van der Waals surface area contributed by atoms with Crippen molar-refractivity contribution in [1.29, 1.82) is 0 Å². The zero-order valence-electron chi connectivity index (χ0n) is 11.8. The molecule has 1 aromatic rings. The highest BCUT2D eigenvalue weighted by molar-refractivity contribution is 5.75. The lowest BCUT2D eigenvalue weighted by molar-refractivity contribution is -0.205. The van der Waals surface area contributed by atoms with Gasteiger partial charge < -0.3 is 4.74 Å². The predicted octanol–water partition coefficient (Wildman–Crippen LogP) is 4.70. The summed E-state index contributed by atoms with van der Waals surface area (Å²) in [6, 6.07) is 8.31. The molecule has 1 aromatic carbocycles. The van der Waals surface area contributed by atoms with E-state index in [4.69, 9.17) is 5.53 Å². The zero-order valence-corrected chi connectivity index (χ0v) is 11.8. The molecule has 0 amide bonds. The Bertz CT molecular complexity index is 514. The summed E-state index contributed by atoms with van der Waals surface area (Å²) in [6.07, 6.45) is -3.79. The molecule has 120 valence electrons. The maximum atomic E-state index is 12.3. The Labute approximate surface area is 125 Å². The first-order valence-corrected chi connectivity index (χ1v) is 6.78. The largest absolute Gasteiger partial charge is 0.490 e. The minimum Gasteiger partial charge on any atom is -0.451 e. The van der Waals surface area contributed by atoms with Crippen LogP contribution in [0.2, 0.25) is 0 Å². The number of alkyl halides is 3. The van der Waals surface area contributed by atoms with Gasteiger partial charge in [-0.2, -0.15) is 13.2 Å². The molecule has 1 rings (SSSR count). The third-order valence-electron chi connectivity index (χ3n) is 2.94. The third kappa shape index (κ3) is 6.49. The molecule has 8 heteroatoms. The summed E-state index contributed by atoms with van der Waals surface area (Å²) in [5.41, 5.74) is 8.65. The van der Waals surface area contributed by atoms with Crippen molar-refractivity contribution in [1.82, 2.24) is 0 Å². The summed E-state index contributed by atoms with van der Waals surface area (Å²) in [4.78, 5) is 13.6. The highest BCUT2D eigenvalue weighted by atomic mass is 19.4. The summed E-state index contributed by atoms with van der Waals surface area (Å²) >= 11 is 0. The lowest BCUT2D eigenvalue weighted by Crippen LogP contribution is -2.27. The number of hydrogen-bond donors (Lipinski definition) is 0. The number of ether oxygens (including phenoxy) is 1. The maximum Gasteiger partial charge on any atom is 0.490 e. The fourth-order valence-corrected chi connectivity index (χ4v) is 1.89. The number of carbonyl (C=O) groups excluding carboxylic acids is 1. The summed E-state index contributed by atoms with van der Waals surface area (Å²) in [5.74, 6) is -2.18. The number of azide groups is 1. The number of halogens is 3. The van der Waals surface area contributed by atoms with E-state index in [1.807, 2.05) is 0 Å². The Hall–Kier alpha value is -2.21. The van der Waals surface area contributed by atoms with E-state index >= 15 is 0 Å². The Morgan fingerprint density at radius 3 is 2.50 bits per heavy atom. The van der Waals surface area contributed by atoms with Gasteiger partial charge in [0.1, 0.15) is 6.10 Å². The lowest BCUT2D eigenvalue weighted by atomic mass is 10.0. The quantitative estimate of drug-likeness (QED) is 0.229. The molecule has 0 N–H and O–H groups in total. The minimum atomic E-state index is -5.01. The number of rotatable bonds is 8. The second-order valence-corrected chi connectivity index (χ2v) is 4.61. The SMILES string of the molecule is [N-]=[N+]=NCCCCCC(OC(=O)C(F)(F)F)c1ccccc1. The molecular formula is C14H16F3N3O2. The van der Waals surface area contributed by atoms with E-state index in [1.165, 1.54) is 0 Å². The maximum absolute atomic E-state index is 12.3. The summed E-state index contributed by atoms with van der Waals surface area (Å²) in [7, 11) is 0. The number of unbranched alkanes of at least 4 members (excludes halogenated alkanes) is 2. The van der Waals surface area contributed by atoms with Crippen molar-refractivity contribution in [2.45, 2.75) is 38.0 Å². The number of carbonyl (C=O) groups is 1. The van der Waals surface area contributed by atoms with Crippen molar-refractivity contribution in [3.05, 3.63) is 46.3 Å². The van der Waals surface area contributed by atoms with Gasteiger partial charge >= 0.3 is 12.1 Å². The Morgan fingerprint density at radius 1 is 1.23 bits per heavy atom. The van der Waals surface area contributed by atoms with Crippen LogP contribution >= 0.6 is 0 Å². The second kappa shape index (κ2) is 8.94. The van der Waals surface area contributed by atoms with E-state index in [0.717, 1.165) is 0 Å². The molecular weight excluding hydrogens is 299 g/mol. The van der Waals surface area contributed by atoms with Crippen molar-refractivity contribution in [3.8, 4) is 0 Å². The van der Waals surface area contributed by atoms with Crippen LogP contribution in [0.3, 0.4) is 0 Å². The molecule has 0 saturated carbocycles. The van der Waals surface area contributed by atoms with Crippen molar-refractivity contribution in [2.24, 2.45) is 5.11 Å². The van der Waals surface area contributed by atoms with Crippen LogP contribution in [-0.2, 0) is 9.53 Å². The van der Waals surface area contributed by atoms with Crippen LogP contribution in [0.4, 0.5) is 13.2 Å². The van der Waals surface area contributed by atoms with Crippen LogP contribution in [0.25, 0.3) is 10.4 Å². The molecule has 0 aliphatic carbocycles. The molecule has 0 heterocycles. The van der Waals surface area contributed by atoms with E-state index in [2.05, 4.69) is 14.8 Å². The van der Waals surface area contributed by atoms with Crippen LogP contribution < -0.4 is 0 Å². The molecule has 0 bridgehead atoms. The molecule has 1 atom stereocenters. The van der Waals surface area contributed by atoms with Crippen LogP contribution in [-0.4, -0.2) is 18.7 Å². The van der Waals surface area contributed by atoms with Crippen LogP contribution in [0.1, 0.15) is 37.4 Å². The third-order valence-corrected chi connectivity index (χ3v) is 2.94. The summed E-state index contributed by atoms with van der Waals surface area (Å²) in [5, 5.41) is 3.37. The minimum absolute atomic E-state index is 0.280. The summed E-state index contributed by atoms with van der Waals surface area (Å²) < 4.78 is 41.6. The van der Waals surface area contributed by atoms with Gasteiger partial charge in [-0.15, -0.1) is 0 Å². The number of esters is 1. The molecule has 0 saturated heterocycles. The van der Waals surface area contributed by atoms with E-state index in [1.54, 1.807) is 30.3 Å². The predicted molar refractivity (Wildman–Crippen MR) is 73.8 cm³/mol. The number of hydrogen-bond acceptors (Lipinski definition) is 3. The Balaban J connectivity index is 2.60. The molecule has 0 aliphatic heterocycles. The van der Waals surface area contributed by atoms with Crippen molar-refractivity contribution < 1.29 is 22.7 Å². The molecule has 22 heavy (non-hydrogen) atoms. The molecule has 5 nitrogen and oxygen atoms in total. The standard InChI is InChI=1S/C14H16F3N3O2/c15-14(16,17)13(21)22-12(11-7-3-1-4-8-11)9-5-2-6-10-19-20-18/h1,3-4,7-8,12H,2,5-6,9-10H2. The number of benzene rings is 1. The lowest BCUT2D eigenvalue weighted by Gasteiger charge is -2.19. The van der Waals surface area contributed by atoms with E-state index < -0.39 is 18.2 Å². The summed E-state index contributed by atoms with van der Waals surface area (Å²) in [6.45, 7) is 0.342. The van der Waals surface area contributed by atoms with E-state index in [9.17, 15) is 18.0 Å². The van der Waals surface area contributed by atoms with Gasteiger partial charge in [0.25, 0.3) is 0 Å². The molecule has 0 radical (unpaired) electrons. The Morgan fingerprint density at radius 2 is 1.91 bits per heavy atom. The molecule has 1 unspecified atom stereocenters. The first-order chi connectivity index (χ1) is 10.4. The van der Waals surface area contributed by atoms with Crippen molar-refractivity contribution >= 4 is 5.97 Å². The molecule has 0 aromatic heterocycles. The fourth-order valence-electron chi connectivity index (χ4n) is 1.89. The van der Waals surface area contributed by atoms with Crippen LogP contribution in [0.5, 0.6) is 0 Å². The van der Waals surface area contributed by atoms with Gasteiger partial charge in [0, 0.05) is 11.5 Å².